The van der Waals surface area contributed by atoms with Crippen LogP contribution in [0.4, 0.5) is 5.13 Å². The monoisotopic (exact) mass is 269 g/mol. The highest BCUT2D eigenvalue weighted by Gasteiger charge is 2.10. The zero-order chi connectivity index (χ0) is 12.3. The van der Waals surface area contributed by atoms with E-state index in [4.69, 9.17) is 16.3 Å². The van der Waals surface area contributed by atoms with Crippen LogP contribution in [0.2, 0.25) is 5.02 Å². The maximum absolute atomic E-state index is 5.83. The van der Waals surface area contributed by atoms with Crippen molar-refractivity contribution < 1.29 is 4.74 Å². The molecular formula is C11H12ClN3OS. The second kappa shape index (κ2) is 5.33. The minimum atomic E-state index is -0.0788. The van der Waals surface area contributed by atoms with Crippen molar-refractivity contribution in [2.75, 3.05) is 12.4 Å². The van der Waals surface area contributed by atoms with Gasteiger partial charge in [0.2, 0.25) is 5.13 Å². The van der Waals surface area contributed by atoms with Crippen molar-refractivity contribution in [3.63, 3.8) is 0 Å². The second-order valence-corrected chi connectivity index (χ2v) is 4.81. The lowest BCUT2D eigenvalue weighted by atomic mass is 10.1. The molecule has 6 heteroatoms. The number of nitrogens with one attached hydrogen (secondary N) is 1. The van der Waals surface area contributed by atoms with Gasteiger partial charge >= 0.3 is 0 Å². The van der Waals surface area contributed by atoms with E-state index in [2.05, 4.69) is 15.5 Å². The Morgan fingerprint density at radius 2 is 2.00 bits per heavy atom. The predicted octanol–water partition coefficient (Wildman–Crippen LogP) is 3.37. The summed E-state index contributed by atoms with van der Waals surface area (Å²) >= 11 is 7.21. The number of hydrogen-bond acceptors (Lipinski definition) is 5. The average Bonchev–Trinajstić information content (AvgIpc) is 2.77. The first-order valence-corrected chi connectivity index (χ1v) is 6.32. The second-order valence-electron chi connectivity index (χ2n) is 3.43. The van der Waals surface area contributed by atoms with Crippen LogP contribution in [0.25, 0.3) is 0 Å². The first-order chi connectivity index (χ1) is 8.19. The number of anilines is 1. The van der Waals surface area contributed by atoms with Crippen LogP contribution in [0.1, 0.15) is 18.6 Å². The van der Waals surface area contributed by atoms with Gasteiger partial charge < -0.3 is 10.1 Å². The zero-order valence-electron chi connectivity index (χ0n) is 9.48. The highest BCUT2D eigenvalue weighted by atomic mass is 35.5. The van der Waals surface area contributed by atoms with Crippen LogP contribution in [-0.2, 0) is 0 Å². The van der Waals surface area contributed by atoms with Gasteiger partial charge in [-0.25, -0.2) is 0 Å². The third-order valence-electron chi connectivity index (χ3n) is 2.24. The van der Waals surface area contributed by atoms with Crippen molar-refractivity contribution in [2.24, 2.45) is 0 Å². The molecule has 0 aliphatic rings. The van der Waals surface area contributed by atoms with Crippen LogP contribution < -0.4 is 10.1 Å². The van der Waals surface area contributed by atoms with E-state index in [0.29, 0.717) is 10.2 Å². The normalized spacial score (nSPS) is 12.2. The molecule has 2 rings (SSSR count). The van der Waals surface area contributed by atoms with E-state index in [0.717, 1.165) is 10.7 Å². The van der Waals surface area contributed by atoms with Crippen molar-refractivity contribution in [3.8, 4) is 5.19 Å². The molecule has 0 spiro atoms. The Morgan fingerprint density at radius 3 is 2.59 bits per heavy atom. The van der Waals surface area contributed by atoms with Crippen LogP contribution in [0.3, 0.4) is 0 Å². The van der Waals surface area contributed by atoms with E-state index in [-0.39, 0.29) is 6.10 Å². The van der Waals surface area contributed by atoms with Crippen LogP contribution in [0.15, 0.2) is 24.3 Å². The van der Waals surface area contributed by atoms with Crippen molar-refractivity contribution in [1.82, 2.24) is 10.2 Å². The van der Waals surface area contributed by atoms with Crippen molar-refractivity contribution >= 4 is 28.1 Å². The summed E-state index contributed by atoms with van der Waals surface area (Å²) < 4.78 is 5.68. The third-order valence-corrected chi connectivity index (χ3v) is 3.32. The molecule has 90 valence electrons. The van der Waals surface area contributed by atoms with Crippen LogP contribution in [0.5, 0.6) is 5.19 Å². The van der Waals surface area contributed by atoms with E-state index in [9.17, 15) is 0 Å². The molecule has 1 atom stereocenters. The fraction of sp³-hybridized carbons (Fsp3) is 0.273. The summed E-state index contributed by atoms with van der Waals surface area (Å²) in [6.07, 6.45) is -0.0788. The maximum atomic E-state index is 5.83. The summed E-state index contributed by atoms with van der Waals surface area (Å²) in [6.45, 7) is 1.96. The molecule has 1 aromatic carbocycles. The van der Waals surface area contributed by atoms with Crippen LogP contribution in [-0.4, -0.2) is 17.2 Å². The summed E-state index contributed by atoms with van der Waals surface area (Å²) in [7, 11) is 1.80. The number of rotatable bonds is 4. The molecule has 1 unspecified atom stereocenters. The SMILES string of the molecule is CNc1nnc(OC(C)c2ccc(Cl)cc2)s1. The molecule has 1 N–H and O–H groups in total. The van der Waals surface area contributed by atoms with E-state index < -0.39 is 0 Å². The van der Waals surface area contributed by atoms with Gasteiger partial charge in [-0.05, 0) is 36.0 Å². The van der Waals surface area contributed by atoms with E-state index in [1.54, 1.807) is 7.05 Å². The van der Waals surface area contributed by atoms with Gasteiger partial charge in [0.1, 0.15) is 6.10 Å². The Morgan fingerprint density at radius 1 is 1.29 bits per heavy atom. The number of halogens is 1. The first-order valence-electron chi connectivity index (χ1n) is 5.12. The van der Waals surface area contributed by atoms with Crippen molar-refractivity contribution in [3.05, 3.63) is 34.9 Å². The lowest BCUT2D eigenvalue weighted by Gasteiger charge is -2.11. The molecule has 0 fully saturated rings. The number of benzene rings is 1. The Labute approximate surface area is 109 Å². The highest BCUT2D eigenvalue weighted by Crippen LogP contribution is 2.27. The molecule has 0 saturated carbocycles. The Kier molecular flexibility index (Phi) is 3.81. The maximum Gasteiger partial charge on any atom is 0.296 e. The Balaban J connectivity index is 2.05. The van der Waals surface area contributed by atoms with Crippen LogP contribution in [0, 0.1) is 0 Å². The van der Waals surface area contributed by atoms with E-state index >= 15 is 0 Å². The third kappa shape index (κ3) is 3.08. The minimum Gasteiger partial charge on any atom is -0.461 e. The molecule has 0 aliphatic heterocycles. The van der Waals surface area contributed by atoms with E-state index in [1.807, 2.05) is 31.2 Å². The minimum absolute atomic E-state index is 0.0788. The van der Waals surface area contributed by atoms with Gasteiger partial charge in [0, 0.05) is 12.1 Å². The van der Waals surface area contributed by atoms with Crippen LogP contribution >= 0.6 is 22.9 Å². The molecule has 0 aliphatic carbocycles. The fourth-order valence-corrected chi connectivity index (χ4v) is 2.06. The summed E-state index contributed by atoms with van der Waals surface area (Å²) in [5.74, 6) is 0. The van der Waals surface area contributed by atoms with Gasteiger partial charge in [0.05, 0.1) is 0 Å². The fourth-order valence-electron chi connectivity index (χ4n) is 1.31. The molecule has 2 aromatic rings. The summed E-state index contributed by atoms with van der Waals surface area (Å²) in [4.78, 5) is 0. The number of aromatic nitrogens is 2. The summed E-state index contributed by atoms with van der Waals surface area (Å²) in [6, 6.07) is 7.56. The average molecular weight is 270 g/mol. The van der Waals surface area contributed by atoms with Crippen molar-refractivity contribution in [1.29, 1.82) is 0 Å². The summed E-state index contributed by atoms with van der Waals surface area (Å²) in [5.41, 5.74) is 1.05. The molecule has 1 heterocycles. The van der Waals surface area contributed by atoms with Gasteiger partial charge in [-0.15, -0.1) is 5.10 Å². The van der Waals surface area contributed by atoms with E-state index in [1.165, 1.54) is 11.3 Å². The summed E-state index contributed by atoms with van der Waals surface area (Å²) in [5, 5.41) is 12.8. The number of nitrogens with zero attached hydrogens (tertiary/aromatic N) is 2. The highest BCUT2D eigenvalue weighted by molar-refractivity contribution is 7.16. The van der Waals surface area contributed by atoms with Crippen molar-refractivity contribution in [2.45, 2.75) is 13.0 Å². The standard InChI is InChI=1S/C11H12ClN3OS/c1-7(8-3-5-9(12)6-4-8)16-11-15-14-10(13-2)17-11/h3-7H,1-2H3,(H,13,14). The topological polar surface area (TPSA) is 47.0 Å². The number of hydrogen-bond donors (Lipinski definition) is 1. The molecule has 0 amide bonds. The molecule has 4 nitrogen and oxygen atoms in total. The van der Waals surface area contributed by atoms with Gasteiger partial charge in [-0.3, -0.25) is 0 Å². The molecule has 0 saturated heterocycles. The number of ether oxygens (including phenoxy) is 1. The lowest BCUT2D eigenvalue weighted by molar-refractivity contribution is 0.224. The zero-order valence-corrected chi connectivity index (χ0v) is 11.0. The molecule has 17 heavy (non-hydrogen) atoms. The first kappa shape index (κ1) is 12.1. The van der Waals surface area contributed by atoms with Gasteiger partial charge in [0.15, 0.2) is 0 Å². The Hall–Kier alpha value is -1.33. The predicted molar refractivity (Wildman–Crippen MR) is 70.0 cm³/mol. The molecular weight excluding hydrogens is 258 g/mol. The molecule has 1 aromatic heterocycles. The molecule has 0 radical (unpaired) electrons. The van der Waals surface area contributed by atoms with Gasteiger partial charge in [-0.1, -0.05) is 28.8 Å². The molecule has 0 bridgehead atoms. The van der Waals surface area contributed by atoms with Gasteiger partial charge in [0.25, 0.3) is 5.19 Å². The van der Waals surface area contributed by atoms with Gasteiger partial charge in [-0.2, -0.15) is 0 Å². The smallest absolute Gasteiger partial charge is 0.296 e. The largest absolute Gasteiger partial charge is 0.461 e. The Bertz CT molecular complexity index is 486. The quantitative estimate of drug-likeness (QED) is 0.924. The lowest BCUT2D eigenvalue weighted by Crippen LogP contribution is -2.02.